The Morgan fingerprint density at radius 3 is 2.06 bits per heavy atom. The molecule has 0 spiro atoms. The van der Waals surface area contributed by atoms with E-state index in [1.165, 1.54) is 18.2 Å². The average Bonchev–Trinajstić information content (AvgIpc) is 3.07. The first-order chi connectivity index (χ1) is 16.3. The number of ketones is 1. The summed E-state index contributed by atoms with van der Waals surface area (Å²) >= 11 is 0. The summed E-state index contributed by atoms with van der Waals surface area (Å²) in [5, 5.41) is 7.89. The Bertz CT molecular complexity index is 1150. The third-order valence-corrected chi connectivity index (χ3v) is 5.84. The van der Waals surface area contributed by atoms with Gasteiger partial charge in [-0.3, -0.25) is 14.4 Å². The number of rotatable bonds is 4. The van der Waals surface area contributed by atoms with E-state index >= 15 is 0 Å². The van der Waals surface area contributed by atoms with Crippen molar-refractivity contribution in [3.8, 4) is 0 Å². The van der Waals surface area contributed by atoms with Crippen LogP contribution in [0.1, 0.15) is 57.8 Å². The number of halogens is 6. The smallest absolute Gasteiger partial charge is 0.382 e. The van der Waals surface area contributed by atoms with Crippen LogP contribution >= 0.6 is 0 Å². The second-order valence-electron chi connectivity index (χ2n) is 8.30. The number of fused-ring (bicyclic) bond motifs is 1. The predicted octanol–water partition coefficient (Wildman–Crippen LogP) is 4.41. The number of amides is 2. The molecule has 2 aromatic rings. The third kappa shape index (κ3) is 5.23. The number of Topliss-reactive ketones (excluding diaryl/α,β-unsaturated/α-hetero) is 1. The van der Waals surface area contributed by atoms with Gasteiger partial charge in [0.2, 0.25) is 0 Å². The van der Waals surface area contributed by atoms with Gasteiger partial charge in [-0.2, -0.15) is 26.3 Å². The van der Waals surface area contributed by atoms with E-state index in [2.05, 4.69) is 20.9 Å². The Hall–Kier alpha value is -3.64. The number of carbonyl (C=O) groups is 3. The molecule has 0 radical (unpaired) electrons. The third-order valence-electron chi connectivity index (χ3n) is 5.84. The van der Waals surface area contributed by atoms with Gasteiger partial charge in [0.1, 0.15) is 11.4 Å². The fourth-order valence-electron chi connectivity index (χ4n) is 4.14. The summed E-state index contributed by atoms with van der Waals surface area (Å²) in [5.41, 5.74) is -3.27. The number of anilines is 2. The number of hydrogen-bond donors (Lipinski definition) is 3. The number of hydrogen-bond acceptors (Lipinski definition) is 5. The zero-order valence-electron chi connectivity index (χ0n) is 17.8. The number of benzene rings is 1. The molecule has 1 fully saturated rings. The van der Waals surface area contributed by atoms with E-state index in [0.717, 1.165) is 0 Å². The molecule has 35 heavy (non-hydrogen) atoms. The lowest BCUT2D eigenvalue weighted by Crippen LogP contribution is -2.40. The summed E-state index contributed by atoms with van der Waals surface area (Å²) < 4.78 is 78.1. The van der Waals surface area contributed by atoms with Crippen LogP contribution in [0.3, 0.4) is 0 Å². The first kappa shape index (κ1) is 24.5. The van der Waals surface area contributed by atoms with Crippen molar-refractivity contribution in [3.63, 3.8) is 0 Å². The summed E-state index contributed by atoms with van der Waals surface area (Å²) in [4.78, 5) is 38.8. The van der Waals surface area contributed by atoms with Crippen LogP contribution in [-0.2, 0) is 17.1 Å². The maximum Gasteiger partial charge on any atom is 0.433 e. The number of carbonyl (C=O) groups excluding carboxylic acids is 3. The maximum absolute atomic E-state index is 13.0. The van der Waals surface area contributed by atoms with Crippen molar-refractivity contribution in [2.45, 2.75) is 50.1 Å². The number of para-hydroxylation sites is 1. The minimum absolute atomic E-state index is 0.101. The largest absolute Gasteiger partial charge is 0.433 e. The first-order valence-electron chi connectivity index (χ1n) is 10.6. The molecule has 2 aliphatic rings. The van der Waals surface area contributed by atoms with E-state index in [1.807, 2.05) is 0 Å². The SMILES string of the molecule is O=C1Nc2c(C(=O)N[C@H]3CC[C@@H](Nc4cc(C(F)(F)F)nc(C(F)(F)F)c4)CC3)cccc2C1=O. The van der Waals surface area contributed by atoms with Gasteiger partial charge in [0, 0.05) is 17.8 Å². The topological polar surface area (TPSA) is 100 Å². The van der Waals surface area contributed by atoms with Crippen LogP contribution in [0.15, 0.2) is 30.3 Å². The number of nitrogens with zero attached hydrogens (tertiary/aromatic N) is 1. The van der Waals surface area contributed by atoms with Crippen molar-refractivity contribution in [3.05, 3.63) is 52.8 Å². The molecule has 0 unspecified atom stereocenters. The van der Waals surface area contributed by atoms with Crippen molar-refractivity contribution >= 4 is 29.0 Å². The highest BCUT2D eigenvalue weighted by Gasteiger charge is 2.39. The van der Waals surface area contributed by atoms with Gasteiger partial charge in [-0.25, -0.2) is 4.98 Å². The number of alkyl halides is 6. The first-order valence-corrected chi connectivity index (χ1v) is 10.6. The van der Waals surface area contributed by atoms with Crippen molar-refractivity contribution < 1.29 is 40.7 Å². The molecule has 2 amide bonds. The summed E-state index contributed by atoms with van der Waals surface area (Å²) in [6, 6.07) is 4.72. The highest BCUT2D eigenvalue weighted by Crippen LogP contribution is 2.36. The Morgan fingerprint density at radius 2 is 1.49 bits per heavy atom. The van der Waals surface area contributed by atoms with E-state index in [-0.39, 0.29) is 28.5 Å². The Labute approximate surface area is 194 Å². The molecule has 1 aromatic carbocycles. The summed E-state index contributed by atoms with van der Waals surface area (Å²) in [7, 11) is 0. The zero-order valence-corrected chi connectivity index (χ0v) is 17.8. The van der Waals surface area contributed by atoms with Gasteiger partial charge in [0.25, 0.3) is 17.6 Å². The molecular weight excluding hydrogens is 482 g/mol. The second kappa shape index (κ2) is 8.86. The minimum Gasteiger partial charge on any atom is -0.382 e. The molecule has 13 heteroatoms. The highest BCUT2D eigenvalue weighted by atomic mass is 19.4. The molecule has 7 nitrogen and oxygen atoms in total. The monoisotopic (exact) mass is 500 g/mol. The van der Waals surface area contributed by atoms with Crippen LogP contribution in [0.5, 0.6) is 0 Å². The predicted molar refractivity (Wildman–Crippen MR) is 111 cm³/mol. The van der Waals surface area contributed by atoms with Crippen LogP contribution in [0.2, 0.25) is 0 Å². The molecule has 2 heterocycles. The molecular formula is C22H18F6N4O3. The quantitative estimate of drug-likeness (QED) is 0.427. The van der Waals surface area contributed by atoms with Crippen LogP contribution in [-0.4, -0.2) is 34.7 Å². The van der Waals surface area contributed by atoms with Crippen LogP contribution < -0.4 is 16.0 Å². The number of nitrogens with one attached hydrogen (secondary N) is 3. The lowest BCUT2D eigenvalue weighted by Gasteiger charge is -2.30. The Kier molecular flexibility index (Phi) is 6.20. The number of pyridine rings is 1. The molecule has 1 aliphatic carbocycles. The lowest BCUT2D eigenvalue weighted by molar-refractivity contribution is -0.150. The second-order valence-corrected chi connectivity index (χ2v) is 8.30. The van der Waals surface area contributed by atoms with Gasteiger partial charge in [0.15, 0.2) is 0 Å². The molecule has 0 saturated heterocycles. The van der Waals surface area contributed by atoms with E-state index < -0.39 is 47.4 Å². The van der Waals surface area contributed by atoms with Crippen LogP contribution in [0, 0.1) is 0 Å². The highest BCUT2D eigenvalue weighted by molar-refractivity contribution is 6.52. The fourth-order valence-corrected chi connectivity index (χ4v) is 4.14. The Balaban J connectivity index is 1.39. The van der Waals surface area contributed by atoms with Crippen molar-refractivity contribution in [2.75, 3.05) is 10.6 Å². The standard InChI is InChI=1S/C22H18F6N4O3/c23-21(24,25)15-8-12(9-16(31-15)22(26,27)28)29-10-4-6-11(7-5-10)30-19(34)14-3-1-2-13-17(14)32-20(35)18(13)33/h1-3,8-11H,4-7H2,(H,29,31)(H,30,34)(H,32,33,35)/t10-,11+. The molecule has 0 bridgehead atoms. The van der Waals surface area contributed by atoms with E-state index in [9.17, 15) is 40.7 Å². The molecule has 1 aromatic heterocycles. The van der Waals surface area contributed by atoms with E-state index in [0.29, 0.717) is 37.8 Å². The lowest BCUT2D eigenvalue weighted by atomic mass is 9.90. The molecule has 4 rings (SSSR count). The minimum atomic E-state index is -5.04. The average molecular weight is 500 g/mol. The summed E-state index contributed by atoms with van der Waals surface area (Å²) in [5.74, 6) is -2.07. The van der Waals surface area contributed by atoms with Crippen molar-refractivity contribution in [2.24, 2.45) is 0 Å². The molecule has 1 aliphatic heterocycles. The van der Waals surface area contributed by atoms with Gasteiger partial charge in [-0.1, -0.05) is 6.07 Å². The number of aromatic nitrogens is 1. The van der Waals surface area contributed by atoms with Gasteiger partial charge >= 0.3 is 12.4 Å². The van der Waals surface area contributed by atoms with Gasteiger partial charge < -0.3 is 16.0 Å². The van der Waals surface area contributed by atoms with E-state index in [4.69, 9.17) is 0 Å². The van der Waals surface area contributed by atoms with Gasteiger partial charge in [-0.15, -0.1) is 0 Å². The van der Waals surface area contributed by atoms with Crippen LogP contribution in [0.4, 0.5) is 37.7 Å². The summed E-state index contributed by atoms with van der Waals surface area (Å²) in [6.07, 6.45) is -8.51. The van der Waals surface area contributed by atoms with Gasteiger partial charge in [0.05, 0.1) is 16.8 Å². The molecule has 186 valence electrons. The molecule has 1 saturated carbocycles. The van der Waals surface area contributed by atoms with Gasteiger partial charge in [-0.05, 0) is 49.9 Å². The van der Waals surface area contributed by atoms with Crippen molar-refractivity contribution in [1.82, 2.24) is 10.3 Å². The zero-order chi connectivity index (χ0) is 25.5. The fraction of sp³-hybridized carbons (Fsp3) is 0.364. The molecule has 0 atom stereocenters. The molecule has 3 N–H and O–H groups in total. The van der Waals surface area contributed by atoms with E-state index in [1.54, 1.807) is 0 Å². The van der Waals surface area contributed by atoms with Crippen molar-refractivity contribution in [1.29, 1.82) is 0 Å². The normalized spacial score (nSPS) is 20.3. The Morgan fingerprint density at radius 1 is 0.914 bits per heavy atom. The maximum atomic E-state index is 13.0. The van der Waals surface area contributed by atoms with Crippen LogP contribution in [0.25, 0.3) is 0 Å². The summed E-state index contributed by atoms with van der Waals surface area (Å²) in [6.45, 7) is 0.